The maximum absolute atomic E-state index is 12.4. The van der Waals surface area contributed by atoms with Gasteiger partial charge in [-0.15, -0.1) is 0 Å². The second-order valence-corrected chi connectivity index (χ2v) is 7.07. The molecule has 3 N–H and O–H groups in total. The number of amides is 1. The summed E-state index contributed by atoms with van der Waals surface area (Å²) in [6.07, 6.45) is 8.66. The lowest BCUT2D eigenvalue weighted by molar-refractivity contribution is -0.142. The smallest absolute Gasteiger partial charge is 0.326 e. The van der Waals surface area contributed by atoms with Crippen LogP contribution in [0, 0.1) is 5.92 Å². The summed E-state index contributed by atoms with van der Waals surface area (Å²) in [5, 5.41) is 13.2. The fourth-order valence-electron chi connectivity index (χ4n) is 3.22. The van der Waals surface area contributed by atoms with Crippen LogP contribution < -0.4 is 5.32 Å². The summed E-state index contributed by atoms with van der Waals surface area (Å²) >= 11 is 0. The van der Waals surface area contributed by atoms with Gasteiger partial charge in [0.15, 0.2) is 0 Å². The van der Waals surface area contributed by atoms with Gasteiger partial charge in [-0.05, 0) is 18.1 Å². The summed E-state index contributed by atoms with van der Waals surface area (Å²) in [5.41, 5.74) is 1.87. The molecule has 0 aliphatic heterocycles. The molecule has 1 aromatic heterocycles. The van der Waals surface area contributed by atoms with Gasteiger partial charge in [-0.1, -0.05) is 64.2 Å². The van der Waals surface area contributed by atoms with E-state index >= 15 is 0 Å². The summed E-state index contributed by atoms with van der Waals surface area (Å²) in [6, 6.07) is 6.86. The van der Waals surface area contributed by atoms with Gasteiger partial charge in [0.25, 0.3) is 0 Å². The quantitative estimate of drug-likeness (QED) is 0.524. The zero-order chi connectivity index (χ0) is 18.9. The molecule has 26 heavy (non-hydrogen) atoms. The van der Waals surface area contributed by atoms with Crippen LogP contribution in [0.15, 0.2) is 30.5 Å². The van der Waals surface area contributed by atoms with Gasteiger partial charge in [0.05, 0.1) is 0 Å². The Balaban J connectivity index is 1.91. The first kappa shape index (κ1) is 20.0. The molecule has 2 atom stereocenters. The Morgan fingerprint density at radius 1 is 1.15 bits per heavy atom. The maximum atomic E-state index is 12.4. The van der Waals surface area contributed by atoms with Crippen molar-refractivity contribution in [2.24, 2.45) is 5.92 Å². The number of unbranched alkanes of at least 4 members (excludes halogenated alkanes) is 4. The van der Waals surface area contributed by atoms with Crippen molar-refractivity contribution in [1.82, 2.24) is 10.3 Å². The fourth-order valence-corrected chi connectivity index (χ4v) is 3.22. The summed E-state index contributed by atoms with van der Waals surface area (Å²) in [7, 11) is 0. The molecular formula is C21H30N2O3. The Morgan fingerprint density at radius 2 is 1.88 bits per heavy atom. The van der Waals surface area contributed by atoms with E-state index in [2.05, 4.69) is 17.2 Å². The van der Waals surface area contributed by atoms with Crippen molar-refractivity contribution in [2.75, 3.05) is 0 Å². The molecule has 1 heterocycles. The van der Waals surface area contributed by atoms with Crippen molar-refractivity contribution in [2.45, 2.75) is 64.8 Å². The van der Waals surface area contributed by atoms with Gasteiger partial charge in [0.2, 0.25) is 5.91 Å². The molecule has 1 amide bonds. The average Bonchev–Trinajstić information content (AvgIpc) is 3.03. The largest absolute Gasteiger partial charge is 0.480 e. The average molecular weight is 358 g/mol. The van der Waals surface area contributed by atoms with Crippen LogP contribution in [0.4, 0.5) is 0 Å². The van der Waals surface area contributed by atoms with Crippen LogP contribution in [0.2, 0.25) is 0 Å². The highest BCUT2D eigenvalue weighted by Gasteiger charge is 2.24. The normalized spacial score (nSPS) is 13.5. The molecular weight excluding hydrogens is 328 g/mol. The molecule has 0 aliphatic carbocycles. The molecule has 0 radical (unpaired) electrons. The van der Waals surface area contributed by atoms with Gasteiger partial charge < -0.3 is 15.4 Å². The molecule has 1 unspecified atom stereocenters. The van der Waals surface area contributed by atoms with E-state index in [0.717, 1.165) is 35.7 Å². The lowest BCUT2D eigenvalue weighted by Gasteiger charge is -2.18. The number of rotatable bonds is 11. The highest BCUT2D eigenvalue weighted by molar-refractivity contribution is 5.87. The first-order valence-corrected chi connectivity index (χ1v) is 9.61. The van der Waals surface area contributed by atoms with Crippen LogP contribution in [-0.2, 0) is 16.0 Å². The molecule has 0 saturated carbocycles. The first-order valence-electron chi connectivity index (χ1n) is 9.61. The van der Waals surface area contributed by atoms with Crippen LogP contribution in [0.1, 0.15) is 57.9 Å². The number of para-hydroxylation sites is 1. The lowest BCUT2D eigenvalue weighted by Crippen LogP contribution is -2.44. The number of benzene rings is 1. The number of H-pyrrole nitrogens is 1. The maximum Gasteiger partial charge on any atom is 0.326 e. The topological polar surface area (TPSA) is 82.2 Å². The zero-order valence-electron chi connectivity index (χ0n) is 15.8. The van der Waals surface area contributed by atoms with E-state index < -0.39 is 12.0 Å². The highest BCUT2D eigenvalue weighted by atomic mass is 16.4. The number of carbonyl (C=O) groups is 2. The Bertz CT molecular complexity index is 723. The second kappa shape index (κ2) is 10.00. The number of hydrogen-bond acceptors (Lipinski definition) is 2. The Hall–Kier alpha value is -2.30. The predicted octanol–water partition coefficient (Wildman–Crippen LogP) is 4.28. The number of carboxylic acids is 1. The van der Waals surface area contributed by atoms with Crippen molar-refractivity contribution in [1.29, 1.82) is 0 Å². The molecule has 142 valence electrons. The third-order valence-corrected chi connectivity index (χ3v) is 4.90. The standard InChI is InChI=1S/C21H30N2O3/c1-3-4-5-6-7-10-15(2)20(24)23-19(21(25)26)13-16-14-22-18-12-9-8-11-17(16)18/h8-9,11-12,14-15,19,22H,3-7,10,13H2,1-2H3,(H,23,24)(H,25,26)/t15?,19-/m0/s1. The van der Waals surface area contributed by atoms with Gasteiger partial charge in [-0.25, -0.2) is 4.79 Å². The number of aromatic amines is 1. The summed E-state index contributed by atoms with van der Waals surface area (Å²) in [4.78, 5) is 27.2. The molecule has 1 aromatic carbocycles. The first-order chi connectivity index (χ1) is 12.5. The van der Waals surface area contributed by atoms with Gasteiger partial charge >= 0.3 is 5.97 Å². The van der Waals surface area contributed by atoms with Crippen molar-refractivity contribution in [3.05, 3.63) is 36.0 Å². The van der Waals surface area contributed by atoms with Crippen LogP contribution in [0.5, 0.6) is 0 Å². The molecule has 2 rings (SSSR count). The molecule has 0 fully saturated rings. The minimum Gasteiger partial charge on any atom is -0.480 e. The van der Waals surface area contributed by atoms with Crippen molar-refractivity contribution < 1.29 is 14.7 Å². The van der Waals surface area contributed by atoms with Crippen LogP contribution >= 0.6 is 0 Å². The molecule has 0 spiro atoms. The Labute approximate surface area is 155 Å². The number of hydrogen-bond donors (Lipinski definition) is 3. The van der Waals surface area contributed by atoms with E-state index in [1.54, 1.807) is 0 Å². The van der Waals surface area contributed by atoms with E-state index in [1.807, 2.05) is 37.4 Å². The van der Waals surface area contributed by atoms with Crippen LogP contribution in [0.3, 0.4) is 0 Å². The van der Waals surface area contributed by atoms with Crippen molar-refractivity contribution >= 4 is 22.8 Å². The molecule has 0 bridgehead atoms. The number of carboxylic acid groups (broad SMARTS) is 1. The minimum absolute atomic E-state index is 0.165. The second-order valence-electron chi connectivity index (χ2n) is 7.07. The lowest BCUT2D eigenvalue weighted by atomic mass is 10.00. The number of fused-ring (bicyclic) bond motifs is 1. The highest BCUT2D eigenvalue weighted by Crippen LogP contribution is 2.19. The van der Waals surface area contributed by atoms with E-state index in [1.165, 1.54) is 19.3 Å². The molecule has 0 aliphatic rings. The van der Waals surface area contributed by atoms with Crippen LogP contribution in [-0.4, -0.2) is 28.0 Å². The molecule has 5 nitrogen and oxygen atoms in total. The third kappa shape index (κ3) is 5.61. The van der Waals surface area contributed by atoms with Gasteiger partial charge in [0, 0.05) is 29.4 Å². The third-order valence-electron chi connectivity index (χ3n) is 4.90. The fraction of sp³-hybridized carbons (Fsp3) is 0.524. The number of aromatic nitrogens is 1. The van der Waals surface area contributed by atoms with Gasteiger partial charge in [-0.2, -0.15) is 0 Å². The van der Waals surface area contributed by atoms with E-state index in [4.69, 9.17) is 0 Å². The number of carbonyl (C=O) groups excluding carboxylic acids is 1. The predicted molar refractivity (Wildman–Crippen MR) is 104 cm³/mol. The summed E-state index contributed by atoms with van der Waals surface area (Å²) in [6.45, 7) is 4.05. The van der Waals surface area contributed by atoms with E-state index in [0.29, 0.717) is 0 Å². The monoisotopic (exact) mass is 358 g/mol. The van der Waals surface area contributed by atoms with Crippen molar-refractivity contribution in [3.63, 3.8) is 0 Å². The number of aliphatic carboxylic acids is 1. The van der Waals surface area contributed by atoms with Gasteiger partial charge in [0.1, 0.15) is 6.04 Å². The summed E-state index contributed by atoms with van der Waals surface area (Å²) < 4.78 is 0. The van der Waals surface area contributed by atoms with Crippen LogP contribution in [0.25, 0.3) is 10.9 Å². The molecule has 5 heteroatoms. The van der Waals surface area contributed by atoms with Gasteiger partial charge in [-0.3, -0.25) is 4.79 Å². The molecule has 0 saturated heterocycles. The van der Waals surface area contributed by atoms with E-state index in [-0.39, 0.29) is 18.2 Å². The molecule has 2 aromatic rings. The Morgan fingerprint density at radius 3 is 2.62 bits per heavy atom. The number of nitrogens with one attached hydrogen (secondary N) is 2. The van der Waals surface area contributed by atoms with Crippen molar-refractivity contribution in [3.8, 4) is 0 Å². The Kier molecular flexibility index (Phi) is 7.70. The SMILES string of the molecule is CCCCCCCC(C)C(=O)N[C@@H](Cc1c[nH]c2ccccc12)C(=O)O. The summed E-state index contributed by atoms with van der Waals surface area (Å²) in [5.74, 6) is -1.34. The minimum atomic E-state index is -1.00. The zero-order valence-corrected chi connectivity index (χ0v) is 15.8. The van der Waals surface area contributed by atoms with E-state index in [9.17, 15) is 14.7 Å².